The molecule has 0 unspecified atom stereocenters. The van der Waals surface area contributed by atoms with Gasteiger partial charge in [-0.3, -0.25) is 4.79 Å². The number of carboxylic acids is 1. The molecule has 2 fully saturated rings. The van der Waals surface area contributed by atoms with Crippen LogP contribution < -0.4 is 0 Å². The highest BCUT2D eigenvalue weighted by Gasteiger charge is 2.52. The molecule has 196 valence electrons. The van der Waals surface area contributed by atoms with Gasteiger partial charge in [-0.25, -0.2) is 9.59 Å². The molecule has 0 aromatic heterocycles. The summed E-state index contributed by atoms with van der Waals surface area (Å²) in [6, 6.07) is 26.6. The molecule has 0 saturated carbocycles. The number of benzene rings is 3. The highest BCUT2D eigenvalue weighted by atomic mass is 16.4. The van der Waals surface area contributed by atoms with Gasteiger partial charge in [0, 0.05) is 26.2 Å². The Balaban J connectivity index is 1.46. The summed E-state index contributed by atoms with van der Waals surface area (Å²) in [5.41, 5.74) is 2.71. The van der Waals surface area contributed by atoms with Gasteiger partial charge >= 0.3 is 12.0 Å². The first-order valence-electron chi connectivity index (χ1n) is 13.2. The first-order valence-corrected chi connectivity index (χ1v) is 13.2. The van der Waals surface area contributed by atoms with E-state index in [4.69, 9.17) is 0 Å². The van der Waals surface area contributed by atoms with Crippen LogP contribution in [0.1, 0.15) is 41.9 Å². The van der Waals surface area contributed by atoms with E-state index in [0.717, 1.165) is 29.5 Å². The van der Waals surface area contributed by atoms with E-state index in [0.29, 0.717) is 13.0 Å². The van der Waals surface area contributed by atoms with E-state index in [1.165, 1.54) is 4.90 Å². The average molecular weight is 512 g/mol. The summed E-state index contributed by atoms with van der Waals surface area (Å²) in [5.74, 6) is -1.73. The van der Waals surface area contributed by atoms with Crippen LogP contribution in [0.15, 0.2) is 91.0 Å². The highest BCUT2D eigenvalue weighted by molar-refractivity contribution is 5.90. The van der Waals surface area contributed by atoms with Crippen molar-refractivity contribution in [2.24, 2.45) is 0 Å². The first kappa shape index (κ1) is 25.5. The number of piperidine rings is 1. The molecular weight excluding hydrogens is 478 g/mol. The normalized spacial score (nSPS) is 20.7. The van der Waals surface area contributed by atoms with Crippen molar-refractivity contribution in [1.82, 2.24) is 14.7 Å². The van der Waals surface area contributed by atoms with Crippen LogP contribution in [0.5, 0.6) is 0 Å². The van der Waals surface area contributed by atoms with Gasteiger partial charge in [0.2, 0.25) is 5.91 Å². The fraction of sp³-hybridized carbons (Fsp3) is 0.323. The molecule has 3 aromatic rings. The van der Waals surface area contributed by atoms with Gasteiger partial charge in [0.1, 0.15) is 0 Å². The summed E-state index contributed by atoms with van der Waals surface area (Å²) < 4.78 is 0. The lowest BCUT2D eigenvalue weighted by molar-refractivity contribution is -0.158. The SMILES string of the molecule is CN(Cc1ccccc1)C(=O)N1C[C@@H]2CCC[C@H]([C@H]1C(=O)O)N2C(=O)C(c1ccccc1)c1ccccc1. The molecule has 0 aliphatic carbocycles. The Labute approximate surface area is 223 Å². The van der Waals surface area contributed by atoms with Gasteiger partial charge in [-0.05, 0) is 36.0 Å². The summed E-state index contributed by atoms with van der Waals surface area (Å²) in [5, 5.41) is 10.4. The lowest BCUT2D eigenvalue weighted by Gasteiger charge is -2.54. The number of urea groups is 1. The number of carbonyl (C=O) groups is 3. The zero-order chi connectivity index (χ0) is 26.6. The number of aliphatic carboxylic acids is 1. The van der Waals surface area contributed by atoms with Crippen LogP contribution in [0, 0.1) is 0 Å². The van der Waals surface area contributed by atoms with Crippen molar-refractivity contribution < 1.29 is 19.5 Å². The minimum Gasteiger partial charge on any atom is -0.480 e. The minimum atomic E-state index is -1.10. The van der Waals surface area contributed by atoms with Crippen LogP contribution in [0.2, 0.25) is 0 Å². The third-order valence-electron chi connectivity index (χ3n) is 7.75. The molecule has 3 atom stereocenters. The van der Waals surface area contributed by atoms with Crippen LogP contribution in [-0.2, 0) is 16.1 Å². The lowest BCUT2D eigenvalue weighted by atomic mass is 9.82. The van der Waals surface area contributed by atoms with Crippen LogP contribution >= 0.6 is 0 Å². The number of hydrogen-bond acceptors (Lipinski definition) is 3. The maximum atomic E-state index is 14.4. The predicted molar refractivity (Wildman–Crippen MR) is 144 cm³/mol. The number of likely N-dealkylation sites (tertiary alicyclic amines) is 1. The monoisotopic (exact) mass is 511 g/mol. The number of carboxylic acid groups (broad SMARTS) is 1. The van der Waals surface area contributed by atoms with Crippen LogP contribution in [0.25, 0.3) is 0 Å². The zero-order valence-corrected chi connectivity index (χ0v) is 21.5. The van der Waals surface area contributed by atoms with Gasteiger partial charge in [0.15, 0.2) is 6.04 Å². The van der Waals surface area contributed by atoms with Crippen molar-refractivity contribution in [2.75, 3.05) is 13.6 Å². The molecule has 0 radical (unpaired) electrons. The summed E-state index contributed by atoms with van der Waals surface area (Å²) in [4.78, 5) is 45.5. The predicted octanol–water partition coefficient (Wildman–Crippen LogP) is 4.59. The Bertz CT molecular complexity index is 1230. The molecule has 3 aromatic carbocycles. The fourth-order valence-electron chi connectivity index (χ4n) is 6.05. The van der Waals surface area contributed by atoms with E-state index in [1.54, 1.807) is 16.8 Å². The number of carbonyl (C=O) groups excluding carboxylic acids is 2. The fourth-order valence-corrected chi connectivity index (χ4v) is 6.05. The van der Waals surface area contributed by atoms with Crippen LogP contribution in [0.3, 0.4) is 0 Å². The van der Waals surface area contributed by atoms with Gasteiger partial charge < -0.3 is 19.8 Å². The molecule has 1 N–H and O–H groups in total. The second-order valence-corrected chi connectivity index (χ2v) is 10.2. The molecule has 38 heavy (non-hydrogen) atoms. The maximum Gasteiger partial charge on any atom is 0.328 e. The van der Waals surface area contributed by atoms with E-state index in [9.17, 15) is 19.5 Å². The summed E-state index contributed by atoms with van der Waals surface area (Å²) in [6.07, 6.45) is 2.10. The van der Waals surface area contributed by atoms with E-state index < -0.39 is 24.0 Å². The van der Waals surface area contributed by atoms with Crippen LogP contribution in [-0.4, -0.2) is 69.4 Å². The van der Waals surface area contributed by atoms with Crippen molar-refractivity contribution in [3.63, 3.8) is 0 Å². The molecule has 7 heteroatoms. The quantitative estimate of drug-likeness (QED) is 0.525. The standard InChI is InChI=1S/C31H33N3O4/c1-32(20-22-12-5-2-6-13-22)31(38)33-21-25-18-11-19-26(28(33)30(36)37)34(25)29(35)27(23-14-7-3-8-15-23)24-16-9-4-10-17-24/h2-10,12-17,25-28H,11,18-21H2,1H3,(H,36,37)/t25-,26+,28-/m0/s1. The third-order valence-corrected chi connectivity index (χ3v) is 7.75. The molecule has 7 nitrogen and oxygen atoms in total. The van der Waals surface area contributed by atoms with E-state index in [-0.39, 0.29) is 24.5 Å². The second kappa shape index (κ2) is 11.1. The van der Waals surface area contributed by atoms with E-state index in [2.05, 4.69) is 0 Å². The van der Waals surface area contributed by atoms with Gasteiger partial charge in [0.25, 0.3) is 0 Å². The van der Waals surface area contributed by atoms with Crippen molar-refractivity contribution in [3.05, 3.63) is 108 Å². The Morgan fingerprint density at radius 1 is 0.868 bits per heavy atom. The Hall–Kier alpha value is -4.13. The molecule has 2 bridgehead atoms. The molecule has 2 aliphatic heterocycles. The summed E-state index contributed by atoms with van der Waals surface area (Å²) in [6.45, 7) is 0.581. The largest absolute Gasteiger partial charge is 0.480 e. The van der Waals surface area contributed by atoms with Crippen molar-refractivity contribution in [2.45, 2.75) is 49.9 Å². The van der Waals surface area contributed by atoms with Crippen LogP contribution in [0.4, 0.5) is 4.79 Å². The number of fused-ring (bicyclic) bond motifs is 2. The molecule has 2 aliphatic rings. The highest BCUT2D eigenvalue weighted by Crippen LogP contribution is 2.38. The Kier molecular flexibility index (Phi) is 7.45. The molecular formula is C31H33N3O4. The Morgan fingerprint density at radius 2 is 1.42 bits per heavy atom. The number of piperazine rings is 1. The molecule has 0 spiro atoms. The minimum absolute atomic E-state index is 0.104. The number of rotatable bonds is 6. The van der Waals surface area contributed by atoms with Crippen molar-refractivity contribution in [1.29, 1.82) is 0 Å². The molecule has 2 heterocycles. The Morgan fingerprint density at radius 3 is 1.97 bits per heavy atom. The van der Waals surface area contributed by atoms with E-state index >= 15 is 0 Å². The number of nitrogens with zero attached hydrogens (tertiary/aromatic N) is 3. The van der Waals surface area contributed by atoms with Gasteiger partial charge in [-0.2, -0.15) is 0 Å². The van der Waals surface area contributed by atoms with Gasteiger partial charge in [-0.1, -0.05) is 91.0 Å². The topological polar surface area (TPSA) is 81.2 Å². The number of amides is 3. The average Bonchev–Trinajstić information content (AvgIpc) is 2.93. The number of hydrogen-bond donors (Lipinski definition) is 1. The maximum absolute atomic E-state index is 14.4. The smallest absolute Gasteiger partial charge is 0.328 e. The van der Waals surface area contributed by atoms with Crippen molar-refractivity contribution in [3.8, 4) is 0 Å². The second-order valence-electron chi connectivity index (χ2n) is 10.2. The summed E-state index contributed by atoms with van der Waals surface area (Å²) in [7, 11) is 1.70. The van der Waals surface area contributed by atoms with Gasteiger partial charge in [0.05, 0.1) is 12.0 Å². The molecule has 5 rings (SSSR count). The lowest BCUT2D eigenvalue weighted by Crippen LogP contribution is -2.71. The van der Waals surface area contributed by atoms with Gasteiger partial charge in [-0.15, -0.1) is 0 Å². The molecule has 2 saturated heterocycles. The third kappa shape index (κ3) is 5.01. The van der Waals surface area contributed by atoms with E-state index in [1.807, 2.05) is 91.0 Å². The molecule has 3 amide bonds. The summed E-state index contributed by atoms with van der Waals surface area (Å²) >= 11 is 0. The zero-order valence-electron chi connectivity index (χ0n) is 21.5. The first-order chi connectivity index (χ1) is 18.5. The van der Waals surface area contributed by atoms with Crippen molar-refractivity contribution >= 4 is 17.9 Å².